The predicted molar refractivity (Wildman–Crippen MR) is 135 cm³/mol. The second-order valence-corrected chi connectivity index (χ2v) is 11.0. The van der Waals surface area contributed by atoms with Crippen LogP contribution in [0.3, 0.4) is 0 Å². The number of fused-ring (bicyclic) bond motifs is 1. The van der Waals surface area contributed by atoms with E-state index in [-0.39, 0.29) is 11.9 Å². The highest BCUT2D eigenvalue weighted by molar-refractivity contribution is 7.90. The summed E-state index contributed by atoms with van der Waals surface area (Å²) in [5, 5.41) is 8.10. The normalized spacial score (nSPS) is 13.6. The SMILES string of the molecule is CC(=O)Nc1cccnc1CC(N[S@@+]([O-])C(C)(C)C)c1ccccc1-c1noc2ccccc12. The van der Waals surface area contributed by atoms with Gasteiger partial charge in [-0.2, -0.15) is 0 Å². The first-order valence-corrected chi connectivity index (χ1v) is 12.2. The van der Waals surface area contributed by atoms with E-state index in [1.165, 1.54) is 6.92 Å². The standard InChI is InChI=1S/C26H28N4O3S/c1-17(31)28-21-13-9-15-27-23(21)16-22(30-34(32)26(2,3)4)18-10-5-6-11-19(18)25-20-12-7-8-14-24(20)33-29-25/h5-15,22,30H,16H2,1-4H3,(H,28,31)/t22?,34-/m0/s1. The zero-order valence-corrected chi connectivity index (χ0v) is 20.5. The van der Waals surface area contributed by atoms with Gasteiger partial charge in [0.25, 0.3) is 0 Å². The second kappa shape index (κ2) is 9.97. The van der Waals surface area contributed by atoms with Crippen LogP contribution in [0.1, 0.15) is 45.0 Å². The molecule has 0 aliphatic heterocycles. The van der Waals surface area contributed by atoms with Crippen molar-refractivity contribution in [1.29, 1.82) is 0 Å². The summed E-state index contributed by atoms with van der Waals surface area (Å²) in [6.07, 6.45) is 2.10. The van der Waals surface area contributed by atoms with Gasteiger partial charge in [0.2, 0.25) is 5.91 Å². The minimum absolute atomic E-state index is 0.175. The molecule has 2 aromatic heterocycles. The van der Waals surface area contributed by atoms with Crippen molar-refractivity contribution >= 4 is 33.9 Å². The maximum Gasteiger partial charge on any atom is 0.221 e. The van der Waals surface area contributed by atoms with Gasteiger partial charge < -0.3 is 14.4 Å². The van der Waals surface area contributed by atoms with Crippen LogP contribution in [0.2, 0.25) is 0 Å². The highest BCUT2D eigenvalue weighted by atomic mass is 32.2. The number of amides is 1. The number of carbonyl (C=O) groups is 1. The smallest absolute Gasteiger partial charge is 0.221 e. The van der Waals surface area contributed by atoms with Crippen molar-refractivity contribution < 1.29 is 13.9 Å². The molecule has 2 N–H and O–H groups in total. The van der Waals surface area contributed by atoms with Crippen LogP contribution in [-0.4, -0.2) is 25.3 Å². The van der Waals surface area contributed by atoms with Crippen molar-refractivity contribution in [2.45, 2.75) is 44.9 Å². The maximum atomic E-state index is 13.2. The Labute approximate surface area is 202 Å². The molecule has 2 heterocycles. The van der Waals surface area contributed by atoms with E-state index < -0.39 is 16.1 Å². The van der Waals surface area contributed by atoms with E-state index in [2.05, 4.69) is 20.2 Å². The van der Waals surface area contributed by atoms with E-state index in [0.717, 1.165) is 22.2 Å². The molecule has 176 valence electrons. The lowest BCUT2D eigenvalue weighted by atomic mass is 9.94. The molecule has 2 atom stereocenters. The van der Waals surface area contributed by atoms with Crippen LogP contribution < -0.4 is 10.0 Å². The van der Waals surface area contributed by atoms with Gasteiger partial charge in [-0.15, -0.1) is 4.72 Å². The number of aromatic nitrogens is 2. The number of rotatable bonds is 7. The van der Waals surface area contributed by atoms with E-state index in [1.807, 2.05) is 75.4 Å². The van der Waals surface area contributed by atoms with Gasteiger partial charge in [-0.05, 0) is 50.6 Å². The molecule has 1 amide bonds. The predicted octanol–water partition coefficient (Wildman–Crippen LogP) is 5.18. The average molecular weight is 477 g/mol. The third-order valence-electron chi connectivity index (χ3n) is 5.37. The summed E-state index contributed by atoms with van der Waals surface area (Å²) in [5.41, 5.74) is 4.55. The topological polar surface area (TPSA) is 103 Å². The molecule has 4 aromatic rings. The van der Waals surface area contributed by atoms with Crippen LogP contribution in [-0.2, 0) is 22.6 Å². The summed E-state index contributed by atoms with van der Waals surface area (Å²) < 4.78 is 21.6. The van der Waals surface area contributed by atoms with Gasteiger partial charge in [0, 0.05) is 41.9 Å². The molecule has 0 aliphatic carbocycles. The van der Waals surface area contributed by atoms with Crippen molar-refractivity contribution in [3.05, 3.63) is 78.1 Å². The summed E-state index contributed by atoms with van der Waals surface area (Å²) in [4.78, 5) is 16.3. The van der Waals surface area contributed by atoms with Crippen molar-refractivity contribution in [2.24, 2.45) is 0 Å². The molecule has 0 fully saturated rings. The number of nitrogens with one attached hydrogen (secondary N) is 2. The maximum absolute atomic E-state index is 13.2. The van der Waals surface area contributed by atoms with Crippen molar-refractivity contribution in [2.75, 3.05) is 5.32 Å². The molecule has 0 spiro atoms. The van der Waals surface area contributed by atoms with E-state index in [0.29, 0.717) is 23.4 Å². The number of benzene rings is 2. The summed E-state index contributed by atoms with van der Waals surface area (Å²) in [5.74, 6) is -0.175. The number of anilines is 1. The summed E-state index contributed by atoms with van der Waals surface area (Å²) in [6.45, 7) is 7.24. The van der Waals surface area contributed by atoms with Gasteiger partial charge in [-0.3, -0.25) is 9.78 Å². The van der Waals surface area contributed by atoms with Crippen LogP contribution >= 0.6 is 0 Å². The number of pyridine rings is 1. The summed E-state index contributed by atoms with van der Waals surface area (Å²) in [6, 6.07) is 18.8. The Morgan fingerprint density at radius 2 is 1.82 bits per heavy atom. The first kappa shape index (κ1) is 23.9. The molecule has 0 radical (unpaired) electrons. The highest BCUT2D eigenvalue weighted by Gasteiger charge is 2.32. The number of para-hydroxylation sites is 1. The summed E-state index contributed by atoms with van der Waals surface area (Å²) >= 11 is -1.35. The first-order valence-electron chi connectivity index (χ1n) is 11.1. The quantitative estimate of drug-likeness (QED) is 0.356. The molecule has 2 aromatic carbocycles. The van der Waals surface area contributed by atoms with Crippen LogP contribution in [0.4, 0.5) is 5.69 Å². The van der Waals surface area contributed by atoms with E-state index in [4.69, 9.17) is 4.52 Å². The Hall–Kier alpha value is -3.20. The van der Waals surface area contributed by atoms with Crippen molar-refractivity contribution in [1.82, 2.24) is 14.9 Å². The first-order chi connectivity index (χ1) is 16.2. The molecule has 0 aliphatic rings. The Morgan fingerprint density at radius 3 is 2.59 bits per heavy atom. The Kier molecular flexibility index (Phi) is 7.02. The molecule has 0 bridgehead atoms. The largest absolute Gasteiger partial charge is 0.598 e. The van der Waals surface area contributed by atoms with Crippen LogP contribution in [0, 0.1) is 0 Å². The van der Waals surface area contributed by atoms with Crippen LogP contribution in [0.5, 0.6) is 0 Å². The summed E-state index contributed by atoms with van der Waals surface area (Å²) in [7, 11) is 0. The van der Waals surface area contributed by atoms with Gasteiger partial charge in [-0.1, -0.05) is 41.6 Å². The van der Waals surface area contributed by atoms with Crippen LogP contribution in [0.15, 0.2) is 71.4 Å². The number of nitrogens with zero attached hydrogens (tertiary/aromatic N) is 2. The van der Waals surface area contributed by atoms with E-state index in [9.17, 15) is 9.35 Å². The molecule has 0 saturated heterocycles. The molecule has 7 nitrogen and oxygen atoms in total. The fourth-order valence-corrected chi connectivity index (χ4v) is 4.54. The lowest BCUT2D eigenvalue weighted by molar-refractivity contribution is -0.114. The average Bonchev–Trinajstić information content (AvgIpc) is 3.23. The van der Waals surface area contributed by atoms with Crippen molar-refractivity contribution in [3.63, 3.8) is 0 Å². The minimum Gasteiger partial charge on any atom is -0.598 e. The molecule has 34 heavy (non-hydrogen) atoms. The minimum atomic E-state index is -1.35. The second-order valence-electron chi connectivity index (χ2n) is 9.05. The zero-order valence-electron chi connectivity index (χ0n) is 19.7. The number of hydrogen-bond donors (Lipinski definition) is 2. The lowest BCUT2D eigenvalue weighted by Crippen LogP contribution is -2.42. The highest BCUT2D eigenvalue weighted by Crippen LogP contribution is 2.35. The molecular formula is C26H28N4O3S. The third kappa shape index (κ3) is 5.30. The third-order valence-corrected chi connectivity index (χ3v) is 6.98. The van der Waals surface area contributed by atoms with Gasteiger partial charge in [-0.25, -0.2) is 0 Å². The monoisotopic (exact) mass is 476 g/mol. The van der Waals surface area contributed by atoms with E-state index in [1.54, 1.807) is 12.3 Å². The van der Waals surface area contributed by atoms with Gasteiger partial charge in [0.05, 0.1) is 17.4 Å². The number of carbonyl (C=O) groups excluding carboxylic acids is 1. The van der Waals surface area contributed by atoms with Gasteiger partial charge in [0.15, 0.2) is 5.58 Å². The van der Waals surface area contributed by atoms with Gasteiger partial charge in [0.1, 0.15) is 10.4 Å². The van der Waals surface area contributed by atoms with Crippen molar-refractivity contribution in [3.8, 4) is 11.3 Å². The van der Waals surface area contributed by atoms with E-state index >= 15 is 0 Å². The molecule has 1 unspecified atom stereocenters. The molecular weight excluding hydrogens is 448 g/mol. The van der Waals surface area contributed by atoms with Crippen LogP contribution in [0.25, 0.3) is 22.2 Å². The fraction of sp³-hybridized carbons (Fsp3) is 0.269. The Morgan fingerprint density at radius 1 is 1.09 bits per heavy atom. The Balaban J connectivity index is 1.80. The zero-order chi connectivity index (χ0) is 24.3. The number of hydrogen-bond acceptors (Lipinski definition) is 6. The fourth-order valence-electron chi connectivity index (χ4n) is 3.72. The lowest BCUT2D eigenvalue weighted by Gasteiger charge is -2.29. The molecule has 8 heteroatoms. The van der Waals surface area contributed by atoms with Gasteiger partial charge >= 0.3 is 0 Å². The molecule has 4 rings (SSSR count). The Bertz CT molecular complexity index is 1300. The molecule has 0 saturated carbocycles.